The summed E-state index contributed by atoms with van der Waals surface area (Å²) in [6, 6.07) is 15.2. The highest BCUT2D eigenvalue weighted by Gasteiger charge is 2.13. The Morgan fingerprint density at radius 3 is 1.74 bits per heavy atom. The zero-order valence-corrected chi connectivity index (χ0v) is 14.4. The predicted octanol–water partition coefficient (Wildman–Crippen LogP) is 6.87. The fourth-order valence-electron chi connectivity index (χ4n) is 2.78. The monoisotopic (exact) mass is 436 g/mol. The normalized spacial score (nSPS) is 11.9. The van der Waals surface area contributed by atoms with Crippen molar-refractivity contribution in [3.63, 3.8) is 0 Å². The molecule has 0 N–H and O–H groups in total. The van der Waals surface area contributed by atoms with Crippen molar-refractivity contribution in [2.75, 3.05) is 0 Å². The average molecular weight is 439 g/mol. The maximum Gasteiger partial charge on any atom is 0.0265 e. The summed E-state index contributed by atoms with van der Waals surface area (Å²) in [6.07, 6.45) is 0. The summed E-state index contributed by atoms with van der Waals surface area (Å²) in [4.78, 5) is 0. The van der Waals surface area contributed by atoms with E-state index < -0.39 is 0 Å². The van der Waals surface area contributed by atoms with Crippen molar-refractivity contribution in [1.82, 2.24) is 0 Å². The third-order valence-corrected chi connectivity index (χ3v) is 5.63. The molecule has 0 spiro atoms. The van der Waals surface area contributed by atoms with Crippen LogP contribution in [-0.2, 0) is 0 Å². The molecule has 0 saturated carbocycles. The van der Waals surface area contributed by atoms with Crippen LogP contribution in [0.3, 0.4) is 0 Å². The molecule has 0 aliphatic heterocycles. The zero-order valence-electron chi connectivity index (χ0n) is 9.68. The summed E-state index contributed by atoms with van der Waals surface area (Å²) >= 11 is 11.0. The topological polar surface area (TPSA) is 0 Å². The molecule has 0 amide bonds. The van der Waals surface area contributed by atoms with Crippen LogP contribution >= 0.6 is 47.8 Å². The summed E-state index contributed by atoms with van der Waals surface area (Å²) in [6.45, 7) is 0. The molecule has 0 aliphatic carbocycles. The quantitative estimate of drug-likeness (QED) is 0.263. The highest BCUT2D eigenvalue weighted by Crippen LogP contribution is 2.42. The van der Waals surface area contributed by atoms with Crippen LogP contribution in [0.2, 0.25) is 0 Å². The molecule has 0 saturated heterocycles. The van der Waals surface area contributed by atoms with Gasteiger partial charge in [-0.15, -0.1) is 0 Å². The van der Waals surface area contributed by atoms with E-state index in [1.54, 1.807) is 0 Å². The third-order valence-electron chi connectivity index (χ3n) is 3.63. The fraction of sp³-hybridized carbons (Fsp3) is 0. The summed E-state index contributed by atoms with van der Waals surface area (Å²) in [5.74, 6) is 0. The van der Waals surface area contributed by atoms with E-state index >= 15 is 0 Å². The summed E-state index contributed by atoms with van der Waals surface area (Å²) < 4.78 is 3.40. The number of benzene rings is 4. The SMILES string of the molecule is Brc1ccc2ccc3c(Br)cc(Br)c4ccc1c2c34. The molecular weight excluding hydrogens is 432 g/mol. The maximum atomic E-state index is 3.67. The van der Waals surface area contributed by atoms with E-state index in [0.717, 1.165) is 13.4 Å². The first kappa shape index (κ1) is 12.1. The lowest BCUT2D eigenvalue weighted by Crippen LogP contribution is -1.86. The minimum absolute atomic E-state index is 1.13. The van der Waals surface area contributed by atoms with Crippen molar-refractivity contribution in [2.24, 2.45) is 0 Å². The van der Waals surface area contributed by atoms with E-state index in [2.05, 4.69) is 90.3 Å². The molecule has 19 heavy (non-hydrogen) atoms. The Morgan fingerprint density at radius 2 is 1.05 bits per heavy atom. The van der Waals surface area contributed by atoms with Crippen molar-refractivity contribution in [2.45, 2.75) is 0 Å². The van der Waals surface area contributed by atoms with Gasteiger partial charge in [-0.05, 0) is 44.5 Å². The first-order chi connectivity index (χ1) is 9.16. The fourth-order valence-corrected chi connectivity index (χ4v) is 4.67. The minimum atomic E-state index is 1.13. The van der Waals surface area contributed by atoms with Crippen LogP contribution < -0.4 is 0 Å². The van der Waals surface area contributed by atoms with Gasteiger partial charge < -0.3 is 0 Å². The van der Waals surface area contributed by atoms with Crippen LogP contribution in [0.5, 0.6) is 0 Å². The molecule has 0 aliphatic rings. The molecule has 92 valence electrons. The summed E-state index contributed by atoms with van der Waals surface area (Å²) in [5, 5.41) is 7.70. The van der Waals surface area contributed by atoms with Crippen LogP contribution in [0.4, 0.5) is 0 Å². The molecule has 0 heterocycles. The van der Waals surface area contributed by atoms with Crippen LogP contribution in [0.15, 0.2) is 55.9 Å². The Morgan fingerprint density at radius 1 is 0.526 bits per heavy atom. The first-order valence-electron chi connectivity index (χ1n) is 5.88. The van der Waals surface area contributed by atoms with Crippen LogP contribution in [0.1, 0.15) is 0 Å². The van der Waals surface area contributed by atoms with E-state index in [1.165, 1.54) is 32.3 Å². The van der Waals surface area contributed by atoms with Crippen molar-refractivity contribution in [1.29, 1.82) is 0 Å². The first-order valence-corrected chi connectivity index (χ1v) is 8.26. The Kier molecular flexibility index (Phi) is 2.66. The lowest BCUT2D eigenvalue weighted by molar-refractivity contribution is 1.70. The van der Waals surface area contributed by atoms with E-state index in [1.807, 2.05) is 0 Å². The molecule has 0 aromatic heterocycles. The Balaban J connectivity index is 2.47. The molecule has 0 fully saturated rings. The van der Waals surface area contributed by atoms with Gasteiger partial charge in [-0.2, -0.15) is 0 Å². The largest absolute Gasteiger partial charge is 0.0537 e. The van der Waals surface area contributed by atoms with Gasteiger partial charge in [0.05, 0.1) is 0 Å². The Hall–Kier alpha value is -0.640. The summed E-state index contributed by atoms with van der Waals surface area (Å²) in [5.41, 5.74) is 0. The molecule has 3 heteroatoms. The van der Waals surface area contributed by atoms with Gasteiger partial charge in [-0.1, -0.05) is 78.1 Å². The smallest absolute Gasteiger partial charge is 0.0265 e. The van der Waals surface area contributed by atoms with E-state index in [9.17, 15) is 0 Å². The van der Waals surface area contributed by atoms with Crippen molar-refractivity contribution < 1.29 is 0 Å². The minimum Gasteiger partial charge on any atom is -0.0537 e. The van der Waals surface area contributed by atoms with Crippen molar-refractivity contribution in [3.8, 4) is 0 Å². The second kappa shape index (κ2) is 4.18. The predicted molar refractivity (Wildman–Crippen MR) is 93.2 cm³/mol. The lowest BCUT2D eigenvalue weighted by atomic mass is 9.94. The van der Waals surface area contributed by atoms with E-state index in [0.29, 0.717) is 0 Å². The van der Waals surface area contributed by atoms with Crippen LogP contribution in [0.25, 0.3) is 32.3 Å². The molecule has 0 atom stereocenters. The second-order valence-corrected chi connectivity index (χ2v) is 7.20. The van der Waals surface area contributed by atoms with E-state index in [4.69, 9.17) is 0 Å². The number of rotatable bonds is 0. The van der Waals surface area contributed by atoms with Crippen molar-refractivity contribution in [3.05, 3.63) is 55.9 Å². The Bertz CT molecular complexity index is 919. The number of hydrogen-bond donors (Lipinski definition) is 0. The summed E-state index contributed by atoms with van der Waals surface area (Å²) in [7, 11) is 0. The van der Waals surface area contributed by atoms with E-state index in [-0.39, 0.29) is 0 Å². The van der Waals surface area contributed by atoms with Gasteiger partial charge >= 0.3 is 0 Å². The molecule has 0 radical (unpaired) electrons. The maximum absolute atomic E-state index is 3.67. The van der Waals surface area contributed by atoms with Gasteiger partial charge in [0.15, 0.2) is 0 Å². The van der Waals surface area contributed by atoms with Gasteiger partial charge in [0.1, 0.15) is 0 Å². The highest BCUT2D eigenvalue weighted by molar-refractivity contribution is 9.11. The molecule has 0 nitrogen and oxygen atoms in total. The molecular formula is C16H7Br3. The highest BCUT2D eigenvalue weighted by atomic mass is 79.9. The van der Waals surface area contributed by atoms with Gasteiger partial charge in [-0.25, -0.2) is 0 Å². The third kappa shape index (κ3) is 1.61. The van der Waals surface area contributed by atoms with Crippen molar-refractivity contribution >= 4 is 80.1 Å². The number of hydrogen-bond acceptors (Lipinski definition) is 0. The Labute approximate surface area is 135 Å². The molecule has 4 aromatic rings. The number of halogens is 3. The molecule has 4 rings (SSSR count). The average Bonchev–Trinajstić information content (AvgIpc) is 2.41. The molecule has 4 aromatic carbocycles. The van der Waals surface area contributed by atoms with Gasteiger partial charge in [0, 0.05) is 13.4 Å². The van der Waals surface area contributed by atoms with Gasteiger partial charge in [-0.3, -0.25) is 0 Å². The van der Waals surface area contributed by atoms with Gasteiger partial charge in [0.25, 0.3) is 0 Å². The lowest BCUT2D eigenvalue weighted by Gasteiger charge is -2.13. The molecule has 0 bridgehead atoms. The second-order valence-electron chi connectivity index (χ2n) is 4.63. The standard InChI is InChI=1S/C16H7Br3/c17-12-6-2-8-1-3-10-13(18)7-14(19)11-5-4-9(12)15(8)16(10)11/h1-7H. The van der Waals surface area contributed by atoms with Crippen LogP contribution in [0, 0.1) is 0 Å². The molecule has 0 unspecified atom stereocenters. The van der Waals surface area contributed by atoms with Gasteiger partial charge in [0.2, 0.25) is 0 Å². The zero-order chi connectivity index (χ0) is 13.1. The van der Waals surface area contributed by atoms with Crippen LogP contribution in [-0.4, -0.2) is 0 Å².